The molecule has 0 fully saturated rings. The molecule has 1 N–H and O–H groups in total. The van der Waals surface area contributed by atoms with Crippen molar-refractivity contribution in [3.8, 4) is 0 Å². The predicted molar refractivity (Wildman–Crippen MR) is 112 cm³/mol. The van der Waals surface area contributed by atoms with Crippen LogP contribution in [0.1, 0.15) is 17.3 Å². The molecule has 0 spiro atoms. The third-order valence-electron chi connectivity index (χ3n) is 4.65. The first kappa shape index (κ1) is 18.3. The minimum absolute atomic E-state index is 0.140. The van der Waals surface area contributed by atoms with Crippen LogP contribution in [-0.2, 0) is 6.54 Å². The number of aromatic nitrogens is 1. The van der Waals surface area contributed by atoms with Crippen LogP contribution in [0.2, 0.25) is 10.0 Å². The first-order valence-electron chi connectivity index (χ1n) is 8.46. The Morgan fingerprint density at radius 2 is 1.85 bits per heavy atom. The van der Waals surface area contributed by atoms with Crippen LogP contribution >= 0.6 is 35.4 Å². The molecular formula is C20H16Cl2FN3S. The summed E-state index contributed by atoms with van der Waals surface area (Å²) in [6, 6.07) is 15.6. The Morgan fingerprint density at radius 3 is 2.59 bits per heavy atom. The molecule has 3 nitrogen and oxygen atoms in total. The van der Waals surface area contributed by atoms with Gasteiger partial charge in [-0.2, -0.15) is 0 Å². The van der Waals surface area contributed by atoms with Crippen molar-refractivity contribution < 1.29 is 4.39 Å². The molecule has 0 radical (unpaired) electrons. The molecule has 1 aliphatic heterocycles. The van der Waals surface area contributed by atoms with Gasteiger partial charge in [0.1, 0.15) is 5.82 Å². The Bertz CT molecular complexity index is 987. The molecule has 27 heavy (non-hydrogen) atoms. The van der Waals surface area contributed by atoms with Crippen LogP contribution in [0.15, 0.2) is 60.8 Å². The highest BCUT2D eigenvalue weighted by atomic mass is 35.5. The van der Waals surface area contributed by atoms with Gasteiger partial charge in [0.2, 0.25) is 0 Å². The van der Waals surface area contributed by atoms with Crippen LogP contribution in [0.3, 0.4) is 0 Å². The largest absolute Gasteiger partial charge is 0.348 e. The van der Waals surface area contributed by atoms with Crippen LogP contribution in [0, 0.1) is 5.82 Å². The van der Waals surface area contributed by atoms with Crippen molar-refractivity contribution in [1.82, 2.24) is 9.47 Å². The molecule has 4 rings (SSSR count). The molecule has 1 atom stereocenters. The van der Waals surface area contributed by atoms with Gasteiger partial charge in [-0.3, -0.25) is 0 Å². The molecule has 3 aromatic rings. The zero-order chi connectivity index (χ0) is 19.0. The van der Waals surface area contributed by atoms with E-state index in [0.29, 0.717) is 15.2 Å². The van der Waals surface area contributed by atoms with E-state index in [2.05, 4.69) is 27.0 Å². The lowest BCUT2D eigenvalue weighted by Crippen LogP contribution is -2.44. The summed E-state index contributed by atoms with van der Waals surface area (Å²) in [6.45, 7) is 1.54. The van der Waals surface area contributed by atoms with Crippen molar-refractivity contribution >= 4 is 46.2 Å². The number of hydrogen-bond acceptors (Lipinski definition) is 1. The number of fused-ring (bicyclic) bond motifs is 1. The van der Waals surface area contributed by atoms with Crippen molar-refractivity contribution in [3.63, 3.8) is 0 Å². The number of rotatable bonds is 2. The fourth-order valence-corrected chi connectivity index (χ4v) is 4.21. The molecule has 1 unspecified atom stereocenters. The minimum Gasteiger partial charge on any atom is -0.348 e. The third kappa shape index (κ3) is 3.68. The molecule has 2 aromatic carbocycles. The molecule has 2 heterocycles. The zero-order valence-corrected chi connectivity index (χ0v) is 16.5. The molecule has 0 bridgehead atoms. The number of anilines is 1. The molecule has 1 aromatic heterocycles. The Balaban J connectivity index is 1.70. The minimum atomic E-state index is -0.284. The van der Waals surface area contributed by atoms with Gasteiger partial charge in [-0.15, -0.1) is 0 Å². The zero-order valence-electron chi connectivity index (χ0n) is 14.2. The van der Waals surface area contributed by atoms with Gasteiger partial charge in [-0.25, -0.2) is 4.39 Å². The summed E-state index contributed by atoms with van der Waals surface area (Å²) in [6.07, 6.45) is 2.06. The molecule has 7 heteroatoms. The number of benzene rings is 2. The topological polar surface area (TPSA) is 20.2 Å². The normalized spacial score (nSPS) is 16.1. The van der Waals surface area contributed by atoms with Gasteiger partial charge < -0.3 is 14.8 Å². The van der Waals surface area contributed by atoms with E-state index in [1.54, 1.807) is 18.2 Å². The standard InChI is InChI=1S/C20H16Cl2FN3S/c21-13-3-8-16(17(22)12-13)19-18-2-1-9-25(18)10-11-26(19)20(27)24-15-6-4-14(23)5-7-15/h1-9,12,19H,10-11H2,(H,24,27). The summed E-state index contributed by atoms with van der Waals surface area (Å²) < 4.78 is 15.4. The maximum atomic E-state index is 13.2. The van der Waals surface area contributed by atoms with E-state index in [0.717, 1.165) is 30.0 Å². The SMILES string of the molecule is Fc1ccc(NC(=S)N2CCn3cccc3C2c2ccc(Cl)cc2Cl)cc1. The van der Waals surface area contributed by atoms with Crippen molar-refractivity contribution in [2.75, 3.05) is 11.9 Å². The molecule has 0 aliphatic carbocycles. The van der Waals surface area contributed by atoms with Crippen molar-refractivity contribution in [1.29, 1.82) is 0 Å². The van der Waals surface area contributed by atoms with Gasteiger partial charge in [0, 0.05) is 40.7 Å². The highest BCUT2D eigenvalue weighted by Crippen LogP contribution is 2.37. The van der Waals surface area contributed by atoms with E-state index in [9.17, 15) is 4.39 Å². The first-order chi connectivity index (χ1) is 13.0. The monoisotopic (exact) mass is 419 g/mol. The maximum absolute atomic E-state index is 13.2. The fourth-order valence-electron chi connectivity index (χ4n) is 3.38. The Morgan fingerprint density at radius 1 is 1.07 bits per heavy atom. The lowest BCUT2D eigenvalue weighted by Gasteiger charge is -2.39. The Hall–Kier alpha value is -2.08. The summed E-state index contributed by atoms with van der Waals surface area (Å²) >= 11 is 18.3. The summed E-state index contributed by atoms with van der Waals surface area (Å²) in [7, 11) is 0. The lowest BCUT2D eigenvalue weighted by molar-refractivity contribution is 0.293. The van der Waals surface area contributed by atoms with E-state index in [1.165, 1.54) is 12.1 Å². The molecule has 0 saturated carbocycles. The molecule has 0 amide bonds. The molecule has 1 aliphatic rings. The number of halogens is 3. The van der Waals surface area contributed by atoms with Crippen LogP contribution in [0.25, 0.3) is 0 Å². The number of nitrogens with zero attached hydrogens (tertiary/aromatic N) is 2. The van der Waals surface area contributed by atoms with E-state index in [1.807, 2.05) is 18.2 Å². The second-order valence-electron chi connectivity index (χ2n) is 6.33. The average Bonchev–Trinajstić information content (AvgIpc) is 3.12. The average molecular weight is 420 g/mol. The first-order valence-corrected chi connectivity index (χ1v) is 9.62. The fraction of sp³-hybridized carbons (Fsp3) is 0.150. The van der Waals surface area contributed by atoms with Crippen molar-refractivity contribution in [2.24, 2.45) is 0 Å². The molecule has 138 valence electrons. The summed E-state index contributed by atoms with van der Waals surface area (Å²) in [4.78, 5) is 2.10. The van der Waals surface area contributed by atoms with Gasteiger partial charge in [0.25, 0.3) is 0 Å². The van der Waals surface area contributed by atoms with Gasteiger partial charge in [0.15, 0.2) is 5.11 Å². The third-order valence-corrected chi connectivity index (χ3v) is 5.55. The highest BCUT2D eigenvalue weighted by molar-refractivity contribution is 7.80. The van der Waals surface area contributed by atoms with Crippen molar-refractivity contribution in [3.05, 3.63) is 87.9 Å². The second kappa shape index (κ2) is 7.50. The number of thiocarbonyl (C=S) groups is 1. The smallest absolute Gasteiger partial charge is 0.174 e. The maximum Gasteiger partial charge on any atom is 0.174 e. The highest BCUT2D eigenvalue weighted by Gasteiger charge is 2.32. The van der Waals surface area contributed by atoms with Crippen LogP contribution < -0.4 is 5.32 Å². The molecule has 0 saturated heterocycles. The number of hydrogen-bond donors (Lipinski definition) is 1. The van der Waals surface area contributed by atoms with E-state index in [4.69, 9.17) is 35.4 Å². The summed E-state index contributed by atoms with van der Waals surface area (Å²) in [5.41, 5.74) is 2.78. The van der Waals surface area contributed by atoms with Crippen LogP contribution in [0.4, 0.5) is 10.1 Å². The predicted octanol–water partition coefficient (Wildman–Crippen LogP) is 5.74. The van der Waals surface area contributed by atoms with E-state index < -0.39 is 0 Å². The second-order valence-corrected chi connectivity index (χ2v) is 7.56. The quantitative estimate of drug-likeness (QED) is 0.535. The van der Waals surface area contributed by atoms with E-state index in [-0.39, 0.29) is 11.9 Å². The lowest BCUT2D eigenvalue weighted by atomic mass is 10.00. The van der Waals surface area contributed by atoms with Gasteiger partial charge in [-0.05, 0) is 66.3 Å². The van der Waals surface area contributed by atoms with Crippen LogP contribution in [0.5, 0.6) is 0 Å². The van der Waals surface area contributed by atoms with E-state index >= 15 is 0 Å². The van der Waals surface area contributed by atoms with Gasteiger partial charge in [0.05, 0.1) is 6.04 Å². The molecular weight excluding hydrogens is 404 g/mol. The Kier molecular flexibility index (Phi) is 5.08. The Labute approximate surface area is 172 Å². The van der Waals surface area contributed by atoms with Gasteiger partial charge >= 0.3 is 0 Å². The van der Waals surface area contributed by atoms with Crippen LogP contribution in [-0.4, -0.2) is 21.1 Å². The summed E-state index contributed by atoms with van der Waals surface area (Å²) in [5, 5.41) is 4.95. The number of nitrogens with one attached hydrogen (secondary N) is 1. The van der Waals surface area contributed by atoms with Crippen molar-refractivity contribution in [2.45, 2.75) is 12.6 Å². The van der Waals surface area contributed by atoms with Gasteiger partial charge in [-0.1, -0.05) is 29.3 Å². The summed E-state index contributed by atoms with van der Waals surface area (Å²) in [5.74, 6) is -0.284.